The van der Waals surface area contributed by atoms with Crippen molar-refractivity contribution in [3.8, 4) is 0 Å². The third-order valence-electron chi connectivity index (χ3n) is 2.66. The Morgan fingerprint density at radius 1 is 1.35 bits per heavy atom. The van der Waals surface area contributed by atoms with E-state index >= 15 is 0 Å². The average molecular weight is 230 g/mol. The Bertz CT molecular complexity index is 476. The van der Waals surface area contributed by atoms with E-state index in [0.29, 0.717) is 0 Å². The number of hydrogen-bond donors (Lipinski definition) is 1. The van der Waals surface area contributed by atoms with Crippen LogP contribution in [0.5, 0.6) is 0 Å². The second kappa shape index (κ2) is 5.48. The van der Waals surface area contributed by atoms with Crippen LogP contribution in [-0.4, -0.2) is 15.0 Å². The minimum atomic E-state index is 0.789. The van der Waals surface area contributed by atoms with Gasteiger partial charge in [0, 0.05) is 24.8 Å². The van der Waals surface area contributed by atoms with Crippen LogP contribution in [0.4, 0.5) is 5.69 Å². The van der Waals surface area contributed by atoms with E-state index < -0.39 is 0 Å². The molecule has 0 radical (unpaired) electrons. The van der Waals surface area contributed by atoms with Crippen LogP contribution in [0.15, 0.2) is 30.5 Å². The third-order valence-corrected chi connectivity index (χ3v) is 2.66. The van der Waals surface area contributed by atoms with Crippen molar-refractivity contribution in [2.45, 2.75) is 32.7 Å². The lowest BCUT2D eigenvalue weighted by molar-refractivity contribution is 0.553. The molecule has 0 saturated carbocycles. The molecular weight excluding hydrogens is 212 g/mol. The number of hydrogen-bond acceptors (Lipinski definition) is 3. The summed E-state index contributed by atoms with van der Waals surface area (Å²) >= 11 is 0. The summed E-state index contributed by atoms with van der Waals surface area (Å²) in [5.74, 6) is 0. The molecule has 1 aromatic carbocycles. The molecule has 0 aliphatic rings. The number of aromatic nitrogens is 3. The van der Waals surface area contributed by atoms with Crippen molar-refractivity contribution in [3.05, 3.63) is 41.7 Å². The molecule has 0 spiro atoms. The first-order chi connectivity index (χ1) is 8.28. The predicted molar refractivity (Wildman–Crippen MR) is 68.6 cm³/mol. The molecule has 0 aliphatic carbocycles. The molecule has 1 aromatic heterocycles. The first-order valence-corrected chi connectivity index (χ1v) is 6.01. The molecule has 2 N–H and O–H groups in total. The molecule has 2 rings (SSSR count). The number of nitrogens with zero attached hydrogens (tertiary/aromatic N) is 3. The smallest absolute Gasteiger partial charge is 0.0870 e. The molecule has 4 nitrogen and oxygen atoms in total. The van der Waals surface area contributed by atoms with Crippen LogP contribution >= 0.6 is 0 Å². The minimum Gasteiger partial charge on any atom is -0.399 e. The predicted octanol–water partition coefficient (Wildman–Crippen LogP) is 2.25. The summed E-state index contributed by atoms with van der Waals surface area (Å²) in [6.45, 7) is 3.12. The van der Waals surface area contributed by atoms with Crippen molar-refractivity contribution in [2.75, 3.05) is 5.73 Å². The summed E-state index contributed by atoms with van der Waals surface area (Å²) in [4.78, 5) is 0. The normalized spacial score (nSPS) is 10.6. The summed E-state index contributed by atoms with van der Waals surface area (Å²) in [5, 5.41) is 8.27. The second-order valence-corrected chi connectivity index (χ2v) is 4.25. The fourth-order valence-electron chi connectivity index (χ4n) is 1.76. The van der Waals surface area contributed by atoms with Crippen LogP contribution in [0.25, 0.3) is 0 Å². The SMILES string of the molecule is CCCCn1cc(Cc2cccc(N)c2)nn1. The molecule has 4 heteroatoms. The van der Waals surface area contributed by atoms with Crippen LogP contribution in [0.3, 0.4) is 0 Å². The van der Waals surface area contributed by atoms with Gasteiger partial charge in [0.1, 0.15) is 0 Å². The lowest BCUT2D eigenvalue weighted by Gasteiger charge is -1.99. The Labute approximate surface area is 101 Å². The Morgan fingerprint density at radius 2 is 2.24 bits per heavy atom. The zero-order chi connectivity index (χ0) is 12.1. The van der Waals surface area contributed by atoms with Gasteiger partial charge in [-0.1, -0.05) is 30.7 Å². The summed E-state index contributed by atoms with van der Waals surface area (Å²) in [6, 6.07) is 7.89. The van der Waals surface area contributed by atoms with Crippen molar-refractivity contribution in [3.63, 3.8) is 0 Å². The molecular formula is C13H18N4. The van der Waals surface area contributed by atoms with Gasteiger partial charge in [0.15, 0.2) is 0 Å². The van der Waals surface area contributed by atoms with E-state index in [0.717, 1.165) is 30.8 Å². The number of benzene rings is 1. The van der Waals surface area contributed by atoms with Gasteiger partial charge in [-0.05, 0) is 24.1 Å². The number of nitrogens with two attached hydrogens (primary N) is 1. The van der Waals surface area contributed by atoms with E-state index in [1.54, 1.807) is 0 Å². The van der Waals surface area contributed by atoms with Crippen molar-refractivity contribution >= 4 is 5.69 Å². The quantitative estimate of drug-likeness (QED) is 0.801. The monoisotopic (exact) mass is 230 g/mol. The lowest BCUT2D eigenvalue weighted by Crippen LogP contribution is -1.97. The Hall–Kier alpha value is -1.84. The third kappa shape index (κ3) is 3.31. The highest BCUT2D eigenvalue weighted by Gasteiger charge is 2.02. The molecule has 90 valence electrons. The molecule has 0 bridgehead atoms. The van der Waals surface area contributed by atoms with Crippen molar-refractivity contribution in [1.29, 1.82) is 0 Å². The molecule has 17 heavy (non-hydrogen) atoms. The molecule has 1 heterocycles. The maximum Gasteiger partial charge on any atom is 0.0870 e. The number of nitrogen functional groups attached to an aromatic ring is 1. The van der Waals surface area contributed by atoms with Crippen LogP contribution in [-0.2, 0) is 13.0 Å². The highest BCUT2D eigenvalue weighted by Crippen LogP contribution is 2.10. The van der Waals surface area contributed by atoms with E-state index in [9.17, 15) is 0 Å². The number of unbranched alkanes of at least 4 members (excludes halogenated alkanes) is 1. The summed E-state index contributed by atoms with van der Waals surface area (Å²) in [6.07, 6.45) is 5.11. The maximum absolute atomic E-state index is 5.74. The topological polar surface area (TPSA) is 56.7 Å². The van der Waals surface area contributed by atoms with Gasteiger partial charge in [0.05, 0.1) is 5.69 Å². The van der Waals surface area contributed by atoms with Gasteiger partial charge in [-0.3, -0.25) is 4.68 Å². The van der Waals surface area contributed by atoms with Gasteiger partial charge in [-0.2, -0.15) is 0 Å². The fraction of sp³-hybridized carbons (Fsp3) is 0.385. The standard InChI is InChI=1S/C13H18N4/c1-2-3-7-17-10-13(15-16-17)9-11-5-4-6-12(14)8-11/h4-6,8,10H,2-3,7,9,14H2,1H3. The number of aryl methyl sites for hydroxylation is 1. The van der Waals surface area contributed by atoms with Crippen LogP contribution < -0.4 is 5.73 Å². The zero-order valence-corrected chi connectivity index (χ0v) is 10.1. The van der Waals surface area contributed by atoms with Crippen LogP contribution in [0.2, 0.25) is 0 Å². The van der Waals surface area contributed by atoms with Crippen LogP contribution in [0, 0.1) is 0 Å². The van der Waals surface area contributed by atoms with Gasteiger partial charge in [0.2, 0.25) is 0 Å². The number of rotatable bonds is 5. The van der Waals surface area contributed by atoms with Gasteiger partial charge >= 0.3 is 0 Å². The number of anilines is 1. The molecule has 0 atom stereocenters. The van der Waals surface area contributed by atoms with Gasteiger partial charge in [-0.15, -0.1) is 5.10 Å². The van der Waals surface area contributed by atoms with E-state index in [4.69, 9.17) is 5.73 Å². The zero-order valence-electron chi connectivity index (χ0n) is 10.1. The summed E-state index contributed by atoms with van der Waals surface area (Å²) < 4.78 is 1.91. The molecule has 0 aliphatic heterocycles. The van der Waals surface area contributed by atoms with E-state index in [-0.39, 0.29) is 0 Å². The van der Waals surface area contributed by atoms with E-state index in [2.05, 4.69) is 23.3 Å². The molecule has 0 fully saturated rings. The summed E-state index contributed by atoms with van der Waals surface area (Å²) in [5.41, 5.74) is 8.70. The van der Waals surface area contributed by atoms with E-state index in [1.165, 1.54) is 12.0 Å². The average Bonchev–Trinajstić information content (AvgIpc) is 2.74. The first kappa shape index (κ1) is 11.6. The Morgan fingerprint density at radius 3 is 3.00 bits per heavy atom. The Kier molecular flexibility index (Phi) is 3.75. The molecule has 2 aromatic rings. The molecule has 0 unspecified atom stereocenters. The highest BCUT2D eigenvalue weighted by atomic mass is 15.4. The van der Waals surface area contributed by atoms with Crippen molar-refractivity contribution < 1.29 is 0 Å². The fourth-order valence-corrected chi connectivity index (χ4v) is 1.76. The largest absolute Gasteiger partial charge is 0.399 e. The summed E-state index contributed by atoms with van der Waals surface area (Å²) in [7, 11) is 0. The highest BCUT2D eigenvalue weighted by molar-refractivity contribution is 5.41. The van der Waals surface area contributed by atoms with Gasteiger partial charge < -0.3 is 5.73 Å². The van der Waals surface area contributed by atoms with Crippen LogP contribution in [0.1, 0.15) is 31.0 Å². The van der Waals surface area contributed by atoms with Gasteiger partial charge in [0.25, 0.3) is 0 Å². The lowest BCUT2D eigenvalue weighted by atomic mass is 10.1. The Balaban J connectivity index is 2.01. The van der Waals surface area contributed by atoms with E-state index in [1.807, 2.05) is 29.1 Å². The minimum absolute atomic E-state index is 0.789. The van der Waals surface area contributed by atoms with Crippen molar-refractivity contribution in [2.24, 2.45) is 0 Å². The molecule has 0 amide bonds. The molecule has 0 saturated heterocycles. The maximum atomic E-state index is 5.74. The van der Waals surface area contributed by atoms with Gasteiger partial charge in [-0.25, -0.2) is 0 Å². The first-order valence-electron chi connectivity index (χ1n) is 6.01. The van der Waals surface area contributed by atoms with Crippen molar-refractivity contribution in [1.82, 2.24) is 15.0 Å². The second-order valence-electron chi connectivity index (χ2n) is 4.25.